The topological polar surface area (TPSA) is 79.3 Å². The average molecular weight is 342 g/mol. The molecule has 0 spiro atoms. The molecule has 2 aromatic carbocycles. The van der Waals surface area contributed by atoms with Gasteiger partial charge in [-0.2, -0.15) is 0 Å². The van der Waals surface area contributed by atoms with Crippen molar-refractivity contribution >= 4 is 26.4 Å². The lowest BCUT2D eigenvalue weighted by Crippen LogP contribution is -2.15. The van der Waals surface area contributed by atoms with Crippen molar-refractivity contribution in [3.8, 4) is 0 Å². The molecule has 0 radical (unpaired) electrons. The van der Waals surface area contributed by atoms with Gasteiger partial charge in [0.1, 0.15) is 10.7 Å². The van der Waals surface area contributed by atoms with Gasteiger partial charge in [0.25, 0.3) is 0 Å². The second-order valence-electron chi connectivity index (χ2n) is 5.63. The highest BCUT2D eigenvalue weighted by Crippen LogP contribution is 2.22. The van der Waals surface area contributed by atoms with Crippen LogP contribution in [0.5, 0.6) is 0 Å². The molecule has 0 saturated heterocycles. The van der Waals surface area contributed by atoms with E-state index in [1.54, 1.807) is 6.07 Å². The van der Waals surface area contributed by atoms with Gasteiger partial charge in [0.2, 0.25) is 0 Å². The molecule has 3 rings (SSSR count). The highest BCUT2D eigenvalue weighted by molar-refractivity contribution is 7.90. The summed E-state index contributed by atoms with van der Waals surface area (Å²) in [6, 6.07) is 16.7. The fourth-order valence-electron chi connectivity index (χ4n) is 2.55. The summed E-state index contributed by atoms with van der Waals surface area (Å²) in [7, 11) is -3.38. The second-order valence-corrected chi connectivity index (χ2v) is 7.61. The van der Waals surface area contributed by atoms with Crippen molar-refractivity contribution in [1.82, 2.24) is 4.98 Å². The van der Waals surface area contributed by atoms with E-state index in [4.69, 9.17) is 0 Å². The fourth-order valence-corrected chi connectivity index (χ4v) is 3.35. The number of aliphatic hydroxyl groups is 1. The van der Waals surface area contributed by atoms with Gasteiger partial charge in [0.15, 0.2) is 9.84 Å². The second kappa shape index (κ2) is 6.59. The van der Waals surface area contributed by atoms with Gasteiger partial charge in [0.05, 0.1) is 6.10 Å². The smallest absolute Gasteiger partial charge is 0.179 e. The van der Waals surface area contributed by atoms with Crippen molar-refractivity contribution in [3.63, 3.8) is 0 Å². The SMILES string of the molecule is CS(=O)(=O)c1cccnc1NCC(O)c1ccc2ccccc2c1. The molecule has 6 heteroatoms. The third-order valence-electron chi connectivity index (χ3n) is 3.79. The van der Waals surface area contributed by atoms with Crippen LogP contribution in [0.1, 0.15) is 11.7 Å². The van der Waals surface area contributed by atoms with Crippen LogP contribution >= 0.6 is 0 Å². The van der Waals surface area contributed by atoms with Crippen LogP contribution in [0.2, 0.25) is 0 Å². The molecular formula is C18H18N2O3S. The lowest BCUT2D eigenvalue weighted by molar-refractivity contribution is 0.191. The van der Waals surface area contributed by atoms with Crippen molar-refractivity contribution in [3.05, 3.63) is 66.4 Å². The van der Waals surface area contributed by atoms with E-state index in [1.165, 1.54) is 12.3 Å². The first kappa shape index (κ1) is 16.4. The Bertz CT molecular complexity index is 971. The van der Waals surface area contributed by atoms with E-state index in [2.05, 4.69) is 10.3 Å². The van der Waals surface area contributed by atoms with Crippen LogP contribution in [0.4, 0.5) is 5.82 Å². The van der Waals surface area contributed by atoms with Crippen LogP contribution in [-0.4, -0.2) is 31.3 Å². The molecule has 24 heavy (non-hydrogen) atoms. The molecule has 3 aromatic rings. The highest BCUT2D eigenvalue weighted by Gasteiger charge is 2.15. The number of rotatable bonds is 5. The number of hydrogen-bond donors (Lipinski definition) is 2. The largest absolute Gasteiger partial charge is 0.387 e. The molecule has 0 saturated carbocycles. The van der Waals surface area contributed by atoms with E-state index < -0.39 is 15.9 Å². The number of aliphatic hydroxyl groups excluding tert-OH is 1. The van der Waals surface area contributed by atoms with E-state index in [0.29, 0.717) is 0 Å². The molecule has 2 N–H and O–H groups in total. The number of sulfone groups is 1. The normalized spacial score (nSPS) is 12.9. The zero-order chi connectivity index (χ0) is 17.2. The molecule has 0 aliphatic rings. The molecule has 0 amide bonds. The van der Waals surface area contributed by atoms with Gasteiger partial charge < -0.3 is 10.4 Å². The first-order valence-electron chi connectivity index (χ1n) is 7.51. The summed E-state index contributed by atoms with van der Waals surface area (Å²) in [6.07, 6.45) is 1.87. The van der Waals surface area contributed by atoms with Crippen molar-refractivity contribution in [2.75, 3.05) is 18.1 Å². The summed E-state index contributed by atoms with van der Waals surface area (Å²) >= 11 is 0. The van der Waals surface area contributed by atoms with Crippen molar-refractivity contribution in [1.29, 1.82) is 0 Å². The molecule has 0 bridgehead atoms. The Hall–Kier alpha value is -2.44. The summed E-state index contributed by atoms with van der Waals surface area (Å²) in [5.74, 6) is 0.250. The number of fused-ring (bicyclic) bond motifs is 1. The molecule has 0 aliphatic heterocycles. The monoisotopic (exact) mass is 342 g/mol. The summed E-state index contributed by atoms with van der Waals surface area (Å²) in [4.78, 5) is 4.18. The third-order valence-corrected chi connectivity index (χ3v) is 4.92. The highest BCUT2D eigenvalue weighted by atomic mass is 32.2. The van der Waals surface area contributed by atoms with Crippen LogP contribution in [0.3, 0.4) is 0 Å². The van der Waals surface area contributed by atoms with E-state index in [1.807, 2.05) is 42.5 Å². The maximum atomic E-state index is 11.8. The van der Waals surface area contributed by atoms with Gasteiger partial charge in [-0.25, -0.2) is 13.4 Å². The Morgan fingerprint density at radius 3 is 2.58 bits per heavy atom. The Kier molecular flexibility index (Phi) is 4.51. The van der Waals surface area contributed by atoms with E-state index in [9.17, 15) is 13.5 Å². The van der Waals surface area contributed by atoms with Gasteiger partial charge in [-0.05, 0) is 34.5 Å². The number of benzene rings is 2. The molecular weight excluding hydrogens is 324 g/mol. The zero-order valence-corrected chi connectivity index (χ0v) is 14.0. The van der Waals surface area contributed by atoms with Crippen molar-refractivity contribution in [2.24, 2.45) is 0 Å². The Morgan fingerprint density at radius 1 is 1.08 bits per heavy atom. The van der Waals surface area contributed by atoms with Gasteiger partial charge in [-0.15, -0.1) is 0 Å². The van der Waals surface area contributed by atoms with Crippen LogP contribution < -0.4 is 5.32 Å². The lowest BCUT2D eigenvalue weighted by Gasteiger charge is -2.15. The summed E-state index contributed by atoms with van der Waals surface area (Å²) in [5, 5.41) is 15.5. The number of hydrogen-bond acceptors (Lipinski definition) is 5. The van der Waals surface area contributed by atoms with Crippen LogP contribution in [0.15, 0.2) is 65.7 Å². The van der Waals surface area contributed by atoms with Crippen LogP contribution in [0.25, 0.3) is 10.8 Å². The number of anilines is 1. The van der Waals surface area contributed by atoms with Gasteiger partial charge in [-0.1, -0.05) is 36.4 Å². The summed E-state index contributed by atoms with van der Waals surface area (Å²) < 4.78 is 23.5. The molecule has 0 aliphatic carbocycles. The quantitative estimate of drug-likeness (QED) is 0.745. The van der Waals surface area contributed by atoms with Crippen molar-refractivity contribution < 1.29 is 13.5 Å². The average Bonchev–Trinajstić information content (AvgIpc) is 2.58. The fraction of sp³-hybridized carbons (Fsp3) is 0.167. The van der Waals surface area contributed by atoms with E-state index in [-0.39, 0.29) is 17.3 Å². The van der Waals surface area contributed by atoms with Crippen molar-refractivity contribution in [2.45, 2.75) is 11.0 Å². The Labute approximate surface area is 140 Å². The van der Waals surface area contributed by atoms with Gasteiger partial charge >= 0.3 is 0 Å². The Balaban J connectivity index is 1.79. The number of aromatic nitrogens is 1. The molecule has 124 valence electrons. The molecule has 1 heterocycles. The first-order valence-corrected chi connectivity index (χ1v) is 9.40. The maximum absolute atomic E-state index is 11.8. The number of pyridine rings is 1. The first-order chi connectivity index (χ1) is 11.4. The van der Waals surface area contributed by atoms with Gasteiger partial charge in [0, 0.05) is 19.0 Å². The minimum absolute atomic E-state index is 0.121. The predicted molar refractivity (Wildman–Crippen MR) is 94.7 cm³/mol. The molecule has 1 unspecified atom stereocenters. The van der Waals surface area contributed by atoms with Crippen LogP contribution in [0, 0.1) is 0 Å². The number of nitrogens with one attached hydrogen (secondary N) is 1. The number of nitrogens with zero attached hydrogens (tertiary/aromatic N) is 1. The maximum Gasteiger partial charge on any atom is 0.179 e. The van der Waals surface area contributed by atoms with Gasteiger partial charge in [-0.3, -0.25) is 0 Å². The molecule has 1 aromatic heterocycles. The summed E-state index contributed by atoms with van der Waals surface area (Å²) in [6.45, 7) is 0.165. The minimum Gasteiger partial charge on any atom is -0.387 e. The van der Waals surface area contributed by atoms with Crippen LogP contribution in [-0.2, 0) is 9.84 Å². The predicted octanol–water partition coefficient (Wildman–Crippen LogP) is 2.78. The standard InChI is InChI=1S/C18H18N2O3S/c1-24(22,23)17-7-4-10-19-18(17)20-12-16(21)15-9-8-13-5-2-3-6-14(13)11-15/h2-11,16,21H,12H2,1H3,(H,19,20). The molecule has 5 nitrogen and oxygen atoms in total. The minimum atomic E-state index is -3.38. The van der Waals surface area contributed by atoms with E-state index >= 15 is 0 Å². The lowest BCUT2D eigenvalue weighted by atomic mass is 10.0. The third kappa shape index (κ3) is 3.55. The Morgan fingerprint density at radius 2 is 1.83 bits per heavy atom. The molecule has 0 fully saturated rings. The zero-order valence-electron chi connectivity index (χ0n) is 13.2. The van der Waals surface area contributed by atoms with E-state index in [0.717, 1.165) is 22.6 Å². The summed E-state index contributed by atoms with van der Waals surface area (Å²) in [5.41, 5.74) is 0.762. The molecule has 1 atom stereocenters.